The predicted molar refractivity (Wildman–Crippen MR) is 44.2 cm³/mol. The highest BCUT2D eigenvalue weighted by atomic mass is 16.5. The number of morpholine rings is 1. The highest BCUT2D eigenvalue weighted by molar-refractivity contribution is 5.28. The van der Waals surface area contributed by atoms with Crippen molar-refractivity contribution in [1.29, 1.82) is 0 Å². The summed E-state index contributed by atoms with van der Waals surface area (Å²) < 4.78 is 5.22. The quantitative estimate of drug-likeness (QED) is 0.638. The molecule has 1 aliphatic rings. The molecule has 1 aromatic rings. The highest BCUT2D eigenvalue weighted by Crippen LogP contribution is 2.08. The number of hydrogen-bond donors (Lipinski definition) is 1. The average molecular weight is 168 g/mol. The van der Waals surface area contributed by atoms with E-state index >= 15 is 0 Å². The van der Waals surface area contributed by atoms with E-state index in [1.807, 2.05) is 6.92 Å². The molecule has 0 spiro atoms. The maximum absolute atomic E-state index is 5.22. The number of H-pyrrole nitrogens is 1. The number of aromatic nitrogens is 3. The van der Waals surface area contributed by atoms with Crippen LogP contribution in [-0.4, -0.2) is 41.5 Å². The second-order valence-corrected chi connectivity index (χ2v) is 2.82. The number of rotatable bonds is 1. The Labute approximate surface area is 70.7 Å². The van der Waals surface area contributed by atoms with Gasteiger partial charge in [-0.25, -0.2) is 0 Å². The Morgan fingerprint density at radius 2 is 2.17 bits per heavy atom. The number of hydrogen-bond acceptors (Lipinski definition) is 4. The number of anilines is 1. The normalized spacial score (nSPS) is 18.2. The lowest BCUT2D eigenvalue weighted by Crippen LogP contribution is -2.36. The molecular weight excluding hydrogens is 156 g/mol. The molecule has 1 saturated heterocycles. The summed E-state index contributed by atoms with van der Waals surface area (Å²) in [4.78, 5) is 6.36. The third kappa shape index (κ3) is 1.40. The smallest absolute Gasteiger partial charge is 0.244 e. The van der Waals surface area contributed by atoms with Crippen LogP contribution in [0.3, 0.4) is 0 Å². The molecule has 12 heavy (non-hydrogen) atoms. The Balaban J connectivity index is 2.08. The molecular formula is C7H12N4O. The Morgan fingerprint density at radius 1 is 1.42 bits per heavy atom. The Kier molecular flexibility index (Phi) is 1.95. The second kappa shape index (κ2) is 3.10. The first-order chi connectivity index (χ1) is 5.86. The summed E-state index contributed by atoms with van der Waals surface area (Å²) in [5, 5.41) is 6.90. The molecule has 0 unspecified atom stereocenters. The molecule has 5 nitrogen and oxygen atoms in total. The molecule has 1 aliphatic heterocycles. The second-order valence-electron chi connectivity index (χ2n) is 2.82. The summed E-state index contributed by atoms with van der Waals surface area (Å²) in [6, 6.07) is 0. The lowest BCUT2D eigenvalue weighted by Gasteiger charge is -2.25. The minimum Gasteiger partial charge on any atom is -0.378 e. The summed E-state index contributed by atoms with van der Waals surface area (Å²) in [6.07, 6.45) is 0. The van der Waals surface area contributed by atoms with E-state index in [0.717, 1.165) is 38.1 Å². The first-order valence-electron chi connectivity index (χ1n) is 4.08. The van der Waals surface area contributed by atoms with E-state index in [1.165, 1.54) is 0 Å². The van der Waals surface area contributed by atoms with Crippen LogP contribution < -0.4 is 4.90 Å². The number of nitrogens with one attached hydrogen (secondary N) is 1. The number of aromatic amines is 1. The predicted octanol–water partition coefficient (Wildman–Crippen LogP) is -0.0503. The molecule has 0 amide bonds. The maximum Gasteiger partial charge on any atom is 0.244 e. The van der Waals surface area contributed by atoms with E-state index < -0.39 is 0 Å². The van der Waals surface area contributed by atoms with Crippen molar-refractivity contribution in [2.75, 3.05) is 31.2 Å². The summed E-state index contributed by atoms with van der Waals surface area (Å²) >= 11 is 0. The molecule has 1 fully saturated rings. The van der Waals surface area contributed by atoms with Crippen molar-refractivity contribution in [2.24, 2.45) is 0 Å². The Hall–Kier alpha value is -1.10. The van der Waals surface area contributed by atoms with Crippen LogP contribution in [0.15, 0.2) is 0 Å². The molecule has 0 radical (unpaired) electrons. The Morgan fingerprint density at radius 3 is 2.75 bits per heavy atom. The molecule has 2 heterocycles. The van der Waals surface area contributed by atoms with Gasteiger partial charge in [-0.1, -0.05) is 0 Å². The number of aryl methyl sites for hydroxylation is 1. The standard InChI is InChI=1S/C7H12N4O/c1-6-8-7(10-9-6)11-2-4-12-5-3-11/h2-5H2,1H3,(H,8,9,10). The molecule has 1 aromatic heterocycles. The van der Waals surface area contributed by atoms with Crippen molar-refractivity contribution >= 4 is 5.95 Å². The average Bonchev–Trinajstić information content (AvgIpc) is 2.54. The molecule has 0 atom stereocenters. The van der Waals surface area contributed by atoms with Gasteiger partial charge in [0.2, 0.25) is 5.95 Å². The van der Waals surface area contributed by atoms with Crippen LogP contribution in [0.2, 0.25) is 0 Å². The topological polar surface area (TPSA) is 54.0 Å². The molecule has 0 saturated carbocycles. The number of nitrogens with zero attached hydrogens (tertiary/aromatic N) is 3. The fourth-order valence-electron chi connectivity index (χ4n) is 1.24. The SMILES string of the molecule is Cc1nc(N2CCOCC2)n[nH]1. The van der Waals surface area contributed by atoms with Gasteiger partial charge in [0.1, 0.15) is 5.82 Å². The minimum absolute atomic E-state index is 0.771. The first-order valence-corrected chi connectivity index (χ1v) is 4.08. The summed E-state index contributed by atoms with van der Waals surface area (Å²) in [7, 11) is 0. The van der Waals surface area contributed by atoms with Crippen LogP contribution in [0.4, 0.5) is 5.95 Å². The van der Waals surface area contributed by atoms with Crippen molar-refractivity contribution in [2.45, 2.75) is 6.92 Å². The van der Waals surface area contributed by atoms with Crippen LogP contribution in [0, 0.1) is 6.92 Å². The van der Waals surface area contributed by atoms with Crippen molar-refractivity contribution < 1.29 is 4.74 Å². The van der Waals surface area contributed by atoms with Crippen molar-refractivity contribution in [1.82, 2.24) is 15.2 Å². The summed E-state index contributed by atoms with van der Waals surface area (Å²) in [5.41, 5.74) is 0. The first kappa shape index (κ1) is 7.54. The van der Waals surface area contributed by atoms with E-state index in [0.29, 0.717) is 0 Å². The Bertz CT molecular complexity index is 254. The van der Waals surface area contributed by atoms with Gasteiger partial charge in [-0.05, 0) is 6.92 Å². The fourth-order valence-corrected chi connectivity index (χ4v) is 1.24. The van der Waals surface area contributed by atoms with Crippen LogP contribution >= 0.6 is 0 Å². The van der Waals surface area contributed by atoms with E-state index in [-0.39, 0.29) is 0 Å². The van der Waals surface area contributed by atoms with Crippen LogP contribution in [0.25, 0.3) is 0 Å². The van der Waals surface area contributed by atoms with E-state index in [1.54, 1.807) is 0 Å². The molecule has 66 valence electrons. The van der Waals surface area contributed by atoms with Crippen molar-refractivity contribution in [3.8, 4) is 0 Å². The van der Waals surface area contributed by atoms with Crippen LogP contribution in [0.5, 0.6) is 0 Å². The molecule has 0 bridgehead atoms. The fraction of sp³-hybridized carbons (Fsp3) is 0.714. The molecule has 0 aromatic carbocycles. The zero-order valence-corrected chi connectivity index (χ0v) is 7.08. The third-order valence-electron chi connectivity index (χ3n) is 1.88. The van der Waals surface area contributed by atoms with E-state index in [2.05, 4.69) is 20.1 Å². The van der Waals surface area contributed by atoms with Gasteiger partial charge in [-0.15, -0.1) is 5.10 Å². The van der Waals surface area contributed by atoms with Gasteiger partial charge in [0.25, 0.3) is 0 Å². The summed E-state index contributed by atoms with van der Waals surface area (Å²) in [6.45, 7) is 5.21. The van der Waals surface area contributed by atoms with Gasteiger partial charge in [0.05, 0.1) is 13.2 Å². The molecule has 5 heteroatoms. The van der Waals surface area contributed by atoms with E-state index in [4.69, 9.17) is 4.74 Å². The highest BCUT2D eigenvalue weighted by Gasteiger charge is 2.14. The van der Waals surface area contributed by atoms with Gasteiger partial charge in [-0.3, -0.25) is 5.10 Å². The minimum atomic E-state index is 0.771. The molecule has 2 rings (SSSR count). The zero-order valence-electron chi connectivity index (χ0n) is 7.08. The van der Waals surface area contributed by atoms with Gasteiger partial charge in [0.15, 0.2) is 0 Å². The van der Waals surface area contributed by atoms with Gasteiger partial charge in [-0.2, -0.15) is 4.98 Å². The van der Waals surface area contributed by atoms with Gasteiger partial charge < -0.3 is 9.64 Å². The number of ether oxygens (including phenoxy) is 1. The maximum atomic E-state index is 5.22. The molecule has 1 N–H and O–H groups in total. The van der Waals surface area contributed by atoms with Crippen molar-refractivity contribution in [3.05, 3.63) is 5.82 Å². The van der Waals surface area contributed by atoms with E-state index in [9.17, 15) is 0 Å². The lowest BCUT2D eigenvalue weighted by molar-refractivity contribution is 0.122. The van der Waals surface area contributed by atoms with Crippen LogP contribution in [0.1, 0.15) is 5.82 Å². The van der Waals surface area contributed by atoms with Crippen molar-refractivity contribution in [3.63, 3.8) is 0 Å². The summed E-state index contributed by atoms with van der Waals surface area (Å²) in [5.74, 6) is 1.65. The monoisotopic (exact) mass is 168 g/mol. The van der Waals surface area contributed by atoms with Gasteiger partial charge in [0, 0.05) is 13.1 Å². The van der Waals surface area contributed by atoms with Crippen LogP contribution in [-0.2, 0) is 4.74 Å². The largest absolute Gasteiger partial charge is 0.378 e. The lowest BCUT2D eigenvalue weighted by atomic mass is 10.4. The third-order valence-corrected chi connectivity index (χ3v) is 1.88. The molecule has 0 aliphatic carbocycles. The zero-order chi connectivity index (χ0) is 8.39. The van der Waals surface area contributed by atoms with Gasteiger partial charge >= 0.3 is 0 Å².